The molecule has 1 atom stereocenters. The third-order valence-corrected chi connectivity index (χ3v) is 3.71. The highest BCUT2D eigenvalue weighted by Gasteiger charge is 2.38. The first-order valence-electron chi connectivity index (χ1n) is 7.32. The summed E-state index contributed by atoms with van der Waals surface area (Å²) in [5.74, 6) is -0.486. The largest absolute Gasteiger partial charge is 0.376 e. The molecule has 1 unspecified atom stereocenters. The molecule has 3 heteroatoms. The molecule has 1 fully saturated rings. The van der Waals surface area contributed by atoms with Crippen molar-refractivity contribution in [2.75, 3.05) is 13.2 Å². The van der Waals surface area contributed by atoms with Crippen molar-refractivity contribution in [2.45, 2.75) is 52.6 Å². The zero-order valence-electron chi connectivity index (χ0n) is 13.0. The molecule has 0 radical (unpaired) electrons. The van der Waals surface area contributed by atoms with Gasteiger partial charge in [-0.15, -0.1) is 0 Å². The SMILES string of the molecule is CC1(C)OCCC(C(C)(C)COCc2ccccc2)O1. The van der Waals surface area contributed by atoms with Crippen LogP contribution < -0.4 is 0 Å². The minimum absolute atomic E-state index is 0.0180. The van der Waals surface area contributed by atoms with E-state index in [0.29, 0.717) is 13.2 Å². The maximum Gasteiger partial charge on any atom is 0.163 e. The van der Waals surface area contributed by atoms with E-state index in [-0.39, 0.29) is 11.5 Å². The van der Waals surface area contributed by atoms with Crippen molar-refractivity contribution in [1.82, 2.24) is 0 Å². The fourth-order valence-electron chi connectivity index (χ4n) is 2.50. The zero-order valence-corrected chi connectivity index (χ0v) is 13.0. The number of benzene rings is 1. The van der Waals surface area contributed by atoms with Gasteiger partial charge in [0.2, 0.25) is 0 Å². The van der Waals surface area contributed by atoms with E-state index in [0.717, 1.165) is 13.0 Å². The van der Waals surface area contributed by atoms with E-state index in [1.54, 1.807) is 0 Å². The van der Waals surface area contributed by atoms with Crippen LogP contribution >= 0.6 is 0 Å². The maximum absolute atomic E-state index is 6.04. The molecule has 1 aliphatic rings. The molecule has 2 rings (SSSR count). The lowest BCUT2D eigenvalue weighted by Crippen LogP contribution is -2.47. The summed E-state index contributed by atoms with van der Waals surface area (Å²) in [4.78, 5) is 0. The molecule has 3 nitrogen and oxygen atoms in total. The normalized spacial score (nSPS) is 22.7. The summed E-state index contributed by atoms with van der Waals surface area (Å²) in [5.41, 5.74) is 1.19. The Kier molecular flexibility index (Phi) is 4.84. The summed E-state index contributed by atoms with van der Waals surface area (Å²) in [6.45, 7) is 10.4. The molecule has 0 N–H and O–H groups in total. The summed E-state index contributed by atoms with van der Waals surface area (Å²) < 4.78 is 17.5. The lowest BCUT2D eigenvalue weighted by Gasteiger charge is -2.43. The first kappa shape index (κ1) is 15.5. The van der Waals surface area contributed by atoms with Gasteiger partial charge in [0.05, 0.1) is 25.9 Å². The van der Waals surface area contributed by atoms with Crippen molar-refractivity contribution in [3.63, 3.8) is 0 Å². The van der Waals surface area contributed by atoms with Gasteiger partial charge >= 0.3 is 0 Å². The van der Waals surface area contributed by atoms with E-state index in [1.165, 1.54) is 5.56 Å². The number of rotatable bonds is 5. The molecule has 0 aromatic heterocycles. The van der Waals surface area contributed by atoms with Gasteiger partial charge in [-0.3, -0.25) is 0 Å². The van der Waals surface area contributed by atoms with Gasteiger partial charge in [0.15, 0.2) is 5.79 Å². The minimum Gasteiger partial charge on any atom is -0.376 e. The van der Waals surface area contributed by atoms with Crippen LogP contribution in [0.15, 0.2) is 30.3 Å². The van der Waals surface area contributed by atoms with Gasteiger partial charge in [0, 0.05) is 5.41 Å². The molecule has 1 heterocycles. The zero-order chi connectivity index (χ0) is 14.6. The van der Waals surface area contributed by atoms with Crippen molar-refractivity contribution in [3.05, 3.63) is 35.9 Å². The van der Waals surface area contributed by atoms with Crippen molar-refractivity contribution >= 4 is 0 Å². The summed E-state index contributed by atoms with van der Waals surface area (Å²) in [5, 5.41) is 0. The molecule has 0 amide bonds. The van der Waals surface area contributed by atoms with Crippen LogP contribution in [-0.4, -0.2) is 25.1 Å². The fraction of sp³-hybridized carbons (Fsp3) is 0.647. The second kappa shape index (κ2) is 6.25. The van der Waals surface area contributed by atoms with Gasteiger partial charge in [0.25, 0.3) is 0 Å². The van der Waals surface area contributed by atoms with Gasteiger partial charge < -0.3 is 14.2 Å². The Bertz CT molecular complexity index is 412. The number of hydrogen-bond donors (Lipinski definition) is 0. The second-order valence-electron chi connectivity index (χ2n) is 6.61. The Balaban J connectivity index is 1.84. The molecule has 20 heavy (non-hydrogen) atoms. The average molecular weight is 278 g/mol. The highest BCUT2D eigenvalue weighted by molar-refractivity contribution is 5.13. The third-order valence-electron chi connectivity index (χ3n) is 3.71. The smallest absolute Gasteiger partial charge is 0.163 e. The number of ether oxygens (including phenoxy) is 3. The van der Waals surface area contributed by atoms with Crippen molar-refractivity contribution < 1.29 is 14.2 Å². The molecule has 0 bridgehead atoms. The predicted octanol–water partition coefficient (Wildman–Crippen LogP) is 3.77. The quantitative estimate of drug-likeness (QED) is 0.820. The number of hydrogen-bond acceptors (Lipinski definition) is 3. The van der Waals surface area contributed by atoms with E-state index >= 15 is 0 Å². The van der Waals surface area contributed by atoms with Crippen LogP contribution in [0.3, 0.4) is 0 Å². The van der Waals surface area contributed by atoms with Gasteiger partial charge in [-0.05, 0) is 25.8 Å². The fourth-order valence-corrected chi connectivity index (χ4v) is 2.50. The van der Waals surface area contributed by atoms with Crippen molar-refractivity contribution in [2.24, 2.45) is 5.41 Å². The Labute approximate surface area is 122 Å². The van der Waals surface area contributed by atoms with Crippen LogP contribution in [0.5, 0.6) is 0 Å². The Morgan fingerprint density at radius 1 is 1.25 bits per heavy atom. The van der Waals surface area contributed by atoms with Crippen LogP contribution in [0.4, 0.5) is 0 Å². The highest BCUT2D eigenvalue weighted by Crippen LogP contribution is 2.34. The van der Waals surface area contributed by atoms with Crippen molar-refractivity contribution in [1.29, 1.82) is 0 Å². The average Bonchev–Trinajstić information content (AvgIpc) is 2.38. The van der Waals surface area contributed by atoms with E-state index in [1.807, 2.05) is 32.0 Å². The third kappa shape index (κ3) is 4.30. The Morgan fingerprint density at radius 3 is 2.60 bits per heavy atom. The second-order valence-corrected chi connectivity index (χ2v) is 6.61. The molecular weight excluding hydrogens is 252 g/mol. The summed E-state index contributed by atoms with van der Waals surface area (Å²) in [7, 11) is 0. The van der Waals surface area contributed by atoms with E-state index in [9.17, 15) is 0 Å². The van der Waals surface area contributed by atoms with Crippen LogP contribution in [0.25, 0.3) is 0 Å². The molecule has 1 saturated heterocycles. The summed E-state index contributed by atoms with van der Waals surface area (Å²) in [6, 6.07) is 10.3. The Hall–Kier alpha value is -0.900. The molecule has 1 aromatic carbocycles. The van der Waals surface area contributed by atoms with Crippen LogP contribution in [-0.2, 0) is 20.8 Å². The monoisotopic (exact) mass is 278 g/mol. The summed E-state index contributed by atoms with van der Waals surface area (Å²) >= 11 is 0. The highest BCUT2D eigenvalue weighted by atomic mass is 16.7. The van der Waals surface area contributed by atoms with Gasteiger partial charge in [0.1, 0.15) is 0 Å². The Morgan fingerprint density at radius 2 is 1.95 bits per heavy atom. The maximum atomic E-state index is 6.04. The van der Waals surface area contributed by atoms with E-state index in [4.69, 9.17) is 14.2 Å². The molecule has 0 aliphatic carbocycles. The van der Waals surface area contributed by atoms with Gasteiger partial charge in [-0.25, -0.2) is 0 Å². The van der Waals surface area contributed by atoms with Gasteiger partial charge in [-0.1, -0.05) is 44.2 Å². The molecule has 0 saturated carbocycles. The standard InChI is InChI=1S/C17H26O3/c1-16(2,15-10-11-19-17(3,4)20-15)13-18-12-14-8-6-5-7-9-14/h5-9,15H,10-13H2,1-4H3. The molecule has 112 valence electrons. The van der Waals surface area contributed by atoms with Crippen LogP contribution in [0, 0.1) is 5.41 Å². The molecular formula is C17H26O3. The predicted molar refractivity (Wildman–Crippen MR) is 79.4 cm³/mol. The lowest BCUT2D eigenvalue weighted by atomic mass is 9.85. The van der Waals surface area contributed by atoms with E-state index in [2.05, 4.69) is 26.0 Å². The van der Waals surface area contributed by atoms with Gasteiger partial charge in [-0.2, -0.15) is 0 Å². The lowest BCUT2D eigenvalue weighted by molar-refractivity contribution is -0.295. The topological polar surface area (TPSA) is 27.7 Å². The van der Waals surface area contributed by atoms with Crippen molar-refractivity contribution in [3.8, 4) is 0 Å². The first-order chi connectivity index (χ1) is 9.39. The first-order valence-corrected chi connectivity index (χ1v) is 7.32. The molecule has 1 aliphatic heterocycles. The van der Waals surface area contributed by atoms with Crippen LogP contribution in [0.1, 0.15) is 39.7 Å². The van der Waals surface area contributed by atoms with Crippen LogP contribution in [0.2, 0.25) is 0 Å². The van der Waals surface area contributed by atoms with E-state index < -0.39 is 5.79 Å². The minimum atomic E-state index is -0.486. The molecule has 0 spiro atoms. The summed E-state index contributed by atoms with van der Waals surface area (Å²) in [6.07, 6.45) is 1.09. The molecule has 1 aromatic rings.